The second kappa shape index (κ2) is 9.29. The Hall–Kier alpha value is -3.88. The Morgan fingerprint density at radius 2 is 1.97 bits per heavy atom. The molecule has 0 aromatic carbocycles. The van der Waals surface area contributed by atoms with Gasteiger partial charge in [-0.25, -0.2) is 9.78 Å². The van der Waals surface area contributed by atoms with Gasteiger partial charge in [-0.05, 0) is 68.7 Å². The highest BCUT2D eigenvalue weighted by Gasteiger charge is 2.27. The molecule has 4 aromatic heterocycles. The van der Waals surface area contributed by atoms with Crippen molar-refractivity contribution in [3.8, 4) is 0 Å². The van der Waals surface area contributed by atoms with Crippen LogP contribution >= 0.6 is 0 Å². The third kappa shape index (κ3) is 5.05. The fraction of sp³-hybridized carbons (Fsp3) is 0.407. The van der Waals surface area contributed by atoms with Crippen molar-refractivity contribution in [3.63, 3.8) is 0 Å². The third-order valence-electron chi connectivity index (χ3n) is 6.52. The van der Waals surface area contributed by atoms with E-state index in [0.29, 0.717) is 30.1 Å². The molecule has 0 bridgehead atoms. The van der Waals surface area contributed by atoms with Crippen LogP contribution in [0.5, 0.6) is 0 Å². The largest absolute Gasteiger partial charge is 0.444 e. The van der Waals surface area contributed by atoms with Crippen molar-refractivity contribution in [1.82, 2.24) is 23.8 Å². The summed E-state index contributed by atoms with van der Waals surface area (Å²) in [5, 5.41) is 0.746. The predicted molar refractivity (Wildman–Crippen MR) is 137 cm³/mol. The first-order valence-electron chi connectivity index (χ1n) is 12.3. The van der Waals surface area contributed by atoms with Gasteiger partial charge in [0.2, 0.25) is 0 Å². The van der Waals surface area contributed by atoms with E-state index in [1.807, 2.05) is 49.7 Å². The van der Waals surface area contributed by atoms with E-state index in [9.17, 15) is 14.4 Å². The van der Waals surface area contributed by atoms with Gasteiger partial charge in [0.15, 0.2) is 0 Å². The number of fused-ring (bicyclic) bond motifs is 2. The lowest BCUT2D eigenvalue weighted by Crippen LogP contribution is -2.40. The summed E-state index contributed by atoms with van der Waals surface area (Å²) < 4.78 is 9.05. The number of nitrogens with one attached hydrogen (secondary N) is 1. The Balaban J connectivity index is 1.38. The molecule has 0 radical (unpaired) electrons. The summed E-state index contributed by atoms with van der Waals surface area (Å²) in [6.07, 6.45) is 10.2. The van der Waals surface area contributed by atoms with Crippen LogP contribution in [0.1, 0.15) is 51.3 Å². The molecule has 0 aliphatic heterocycles. The number of rotatable bonds is 6. The van der Waals surface area contributed by atoms with Crippen molar-refractivity contribution in [3.05, 3.63) is 81.0 Å². The number of H-pyrrole nitrogens is 1. The van der Waals surface area contributed by atoms with E-state index in [2.05, 4.69) is 9.97 Å². The molecule has 5 rings (SSSR count). The van der Waals surface area contributed by atoms with Gasteiger partial charge in [0.1, 0.15) is 16.6 Å². The van der Waals surface area contributed by atoms with Crippen LogP contribution < -0.4 is 11.1 Å². The molecule has 0 saturated heterocycles. The molecule has 188 valence electrons. The number of carbonyl (C=O) groups excluding carboxylic acids is 1. The number of imidazole rings is 1. The van der Waals surface area contributed by atoms with Gasteiger partial charge in [0.05, 0.1) is 18.8 Å². The number of hydrogen-bond acceptors (Lipinski definition) is 5. The van der Waals surface area contributed by atoms with E-state index in [-0.39, 0.29) is 23.6 Å². The fourth-order valence-corrected chi connectivity index (χ4v) is 4.53. The van der Waals surface area contributed by atoms with Gasteiger partial charge < -0.3 is 23.6 Å². The normalized spacial score (nSPS) is 14.2. The van der Waals surface area contributed by atoms with E-state index in [1.54, 1.807) is 23.2 Å². The van der Waals surface area contributed by atoms with Crippen LogP contribution in [0.4, 0.5) is 4.79 Å². The van der Waals surface area contributed by atoms with Gasteiger partial charge in [-0.3, -0.25) is 9.59 Å². The molecule has 1 fully saturated rings. The second-order valence-electron chi connectivity index (χ2n) is 10.6. The Labute approximate surface area is 208 Å². The van der Waals surface area contributed by atoms with Gasteiger partial charge >= 0.3 is 6.09 Å². The Morgan fingerprint density at radius 1 is 1.17 bits per heavy atom. The maximum absolute atomic E-state index is 12.9. The summed E-state index contributed by atoms with van der Waals surface area (Å²) in [4.78, 5) is 46.9. The van der Waals surface area contributed by atoms with Gasteiger partial charge in [0.25, 0.3) is 11.1 Å². The van der Waals surface area contributed by atoms with Crippen LogP contribution in [-0.2, 0) is 17.8 Å². The number of carbonyl (C=O) groups is 1. The van der Waals surface area contributed by atoms with Crippen LogP contribution in [0.3, 0.4) is 0 Å². The second-order valence-corrected chi connectivity index (χ2v) is 10.6. The molecular formula is C27H31N5O4. The average Bonchev–Trinajstić information content (AvgIpc) is 3.17. The topological polar surface area (TPSA) is 102 Å². The molecule has 36 heavy (non-hydrogen) atoms. The summed E-state index contributed by atoms with van der Waals surface area (Å²) in [5.41, 5.74) is 1.09. The number of hydrogen-bond donors (Lipinski definition) is 1. The van der Waals surface area contributed by atoms with Gasteiger partial charge in [-0.1, -0.05) is 12.5 Å². The van der Waals surface area contributed by atoms with Crippen LogP contribution in [0, 0.1) is 5.92 Å². The lowest BCUT2D eigenvalue weighted by atomic mass is 9.85. The number of aromatic amines is 1. The molecule has 0 spiro atoms. The summed E-state index contributed by atoms with van der Waals surface area (Å²) in [6.45, 7) is 7.01. The van der Waals surface area contributed by atoms with Gasteiger partial charge in [0, 0.05) is 31.3 Å². The first kappa shape index (κ1) is 23.8. The number of aromatic nitrogens is 4. The maximum atomic E-state index is 12.9. The molecule has 1 N–H and O–H groups in total. The molecule has 1 saturated carbocycles. The van der Waals surface area contributed by atoms with Crippen molar-refractivity contribution in [2.24, 2.45) is 5.92 Å². The molecule has 4 aromatic rings. The minimum atomic E-state index is -0.552. The molecule has 0 atom stereocenters. The van der Waals surface area contributed by atoms with Crippen molar-refractivity contribution in [2.45, 2.75) is 58.7 Å². The number of ether oxygens (including phenoxy) is 1. The van der Waals surface area contributed by atoms with E-state index in [0.717, 1.165) is 24.1 Å². The van der Waals surface area contributed by atoms with E-state index in [1.165, 1.54) is 17.2 Å². The minimum absolute atomic E-state index is 0.139. The third-order valence-corrected chi connectivity index (χ3v) is 6.52. The summed E-state index contributed by atoms with van der Waals surface area (Å²) >= 11 is 0. The number of amides is 1. The monoisotopic (exact) mass is 489 g/mol. The Kier molecular flexibility index (Phi) is 6.15. The molecule has 1 aliphatic carbocycles. The number of nitrogens with zero attached hydrogens (tertiary/aromatic N) is 4. The van der Waals surface area contributed by atoms with Crippen LogP contribution in [0.25, 0.3) is 16.4 Å². The first-order valence-corrected chi connectivity index (χ1v) is 12.3. The average molecular weight is 490 g/mol. The standard InChI is InChI=1S/C27H31N5O4/c1-27(2,3)36-26(35)32(13-18-5-4-6-18)15-19-7-8-22-29-21(17-31(22)14-19)16-30-12-10-20-9-11-28-24(33)23(20)25(30)34/h7-12,14,17-18H,4-6,13,15-16H2,1-3H3,(H,28,33). The summed E-state index contributed by atoms with van der Waals surface area (Å²) in [5.74, 6) is 0.522. The summed E-state index contributed by atoms with van der Waals surface area (Å²) in [7, 11) is 0. The lowest BCUT2D eigenvalue weighted by Gasteiger charge is -2.33. The Morgan fingerprint density at radius 3 is 2.69 bits per heavy atom. The maximum Gasteiger partial charge on any atom is 0.410 e. The van der Waals surface area contributed by atoms with Crippen molar-refractivity contribution in [1.29, 1.82) is 0 Å². The lowest BCUT2D eigenvalue weighted by molar-refractivity contribution is 0.0173. The molecule has 0 unspecified atom stereocenters. The highest BCUT2D eigenvalue weighted by atomic mass is 16.6. The van der Waals surface area contributed by atoms with Gasteiger partial charge in [-0.2, -0.15) is 0 Å². The van der Waals surface area contributed by atoms with Gasteiger partial charge in [-0.15, -0.1) is 0 Å². The minimum Gasteiger partial charge on any atom is -0.444 e. The smallest absolute Gasteiger partial charge is 0.410 e. The molecule has 9 heteroatoms. The van der Waals surface area contributed by atoms with E-state index in [4.69, 9.17) is 4.74 Å². The molecule has 9 nitrogen and oxygen atoms in total. The summed E-state index contributed by atoms with van der Waals surface area (Å²) in [6, 6.07) is 7.34. The fourth-order valence-electron chi connectivity index (χ4n) is 4.53. The predicted octanol–water partition coefficient (Wildman–Crippen LogP) is 3.92. The molecular weight excluding hydrogens is 458 g/mol. The van der Waals surface area contributed by atoms with Crippen LogP contribution in [0.2, 0.25) is 0 Å². The molecule has 1 amide bonds. The number of pyridine rings is 3. The first-order chi connectivity index (χ1) is 17.2. The van der Waals surface area contributed by atoms with Crippen molar-refractivity contribution in [2.75, 3.05) is 6.54 Å². The highest BCUT2D eigenvalue weighted by Crippen LogP contribution is 2.28. The highest BCUT2D eigenvalue weighted by molar-refractivity contribution is 5.79. The van der Waals surface area contributed by atoms with Crippen molar-refractivity contribution < 1.29 is 9.53 Å². The van der Waals surface area contributed by atoms with Crippen molar-refractivity contribution >= 4 is 22.5 Å². The SMILES string of the molecule is CC(C)(C)OC(=O)N(Cc1ccc2nc(Cn3ccc4cc[nH]c(=O)c4c3=O)cn2c1)CC1CCC1. The molecule has 4 heterocycles. The zero-order valence-electron chi connectivity index (χ0n) is 20.9. The van der Waals surface area contributed by atoms with Crippen LogP contribution in [-0.4, -0.2) is 42.1 Å². The molecule has 1 aliphatic rings. The van der Waals surface area contributed by atoms with E-state index < -0.39 is 11.2 Å². The van der Waals surface area contributed by atoms with Crippen LogP contribution in [0.15, 0.2) is 58.6 Å². The quantitative estimate of drug-likeness (QED) is 0.442. The Bertz CT molecular complexity index is 1540. The van der Waals surface area contributed by atoms with E-state index >= 15 is 0 Å². The zero-order chi connectivity index (χ0) is 25.4. The zero-order valence-corrected chi connectivity index (χ0v) is 20.9.